The van der Waals surface area contributed by atoms with E-state index in [1.807, 2.05) is 28.0 Å². The van der Waals surface area contributed by atoms with E-state index in [0.717, 1.165) is 54.6 Å². The van der Waals surface area contributed by atoms with Gasteiger partial charge in [0.15, 0.2) is 0 Å². The van der Waals surface area contributed by atoms with Gasteiger partial charge in [0.05, 0.1) is 29.1 Å². The summed E-state index contributed by atoms with van der Waals surface area (Å²) >= 11 is 1.59. The molecule has 3 heterocycles. The lowest BCUT2D eigenvalue weighted by molar-refractivity contribution is 0.0435. The number of nitrogens with one attached hydrogen (secondary N) is 1. The Morgan fingerprint density at radius 3 is 2.77 bits per heavy atom. The Bertz CT molecular complexity index is 909. The summed E-state index contributed by atoms with van der Waals surface area (Å²) in [6.45, 7) is 1.93. The van der Waals surface area contributed by atoms with Crippen molar-refractivity contribution in [2.45, 2.75) is 50.3 Å². The lowest BCUT2D eigenvalue weighted by Gasteiger charge is -2.44. The van der Waals surface area contributed by atoms with Crippen LogP contribution in [0.5, 0.6) is 5.75 Å². The van der Waals surface area contributed by atoms with Gasteiger partial charge in [0, 0.05) is 18.6 Å². The number of benzene rings is 1. The van der Waals surface area contributed by atoms with E-state index >= 15 is 0 Å². The van der Waals surface area contributed by atoms with E-state index in [1.54, 1.807) is 16.2 Å². The number of ether oxygens (including phenoxy) is 1. The maximum atomic E-state index is 12.6. The van der Waals surface area contributed by atoms with Gasteiger partial charge in [-0.05, 0) is 44.2 Å². The molecule has 0 radical (unpaired) electrons. The fourth-order valence-electron chi connectivity index (χ4n) is 4.69. The molecule has 2 saturated heterocycles. The van der Waals surface area contributed by atoms with Gasteiger partial charge in [-0.3, -0.25) is 9.11 Å². The highest BCUT2D eigenvalue weighted by Crippen LogP contribution is 2.51. The zero-order valence-corrected chi connectivity index (χ0v) is 18.4. The van der Waals surface area contributed by atoms with Crippen LogP contribution in [-0.2, 0) is 0 Å². The molecule has 0 spiro atoms. The first-order chi connectivity index (χ1) is 14.5. The number of amides is 2. The Morgan fingerprint density at radius 1 is 1.23 bits per heavy atom. The molecule has 0 atom stereocenters. The predicted molar refractivity (Wildman–Crippen MR) is 119 cm³/mol. The summed E-state index contributed by atoms with van der Waals surface area (Å²) in [5, 5.41) is 3.15. The molecule has 5 rings (SSSR count). The molecular formula is C20H28N4O4S2. The third-order valence-electron chi connectivity index (χ3n) is 6.36. The number of fused-ring (bicyclic) bond motifs is 1. The molecule has 0 bridgehead atoms. The minimum Gasteiger partial charge on any atom is -0.484 e. The number of para-hydroxylation sites is 1. The Morgan fingerprint density at radius 2 is 2.03 bits per heavy atom. The second kappa shape index (κ2) is 8.16. The highest BCUT2D eigenvalue weighted by atomic mass is 32.3. The van der Waals surface area contributed by atoms with E-state index in [-0.39, 0.29) is 24.2 Å². The van der Waals surface area contributed by atoms with E-state index in [2.05, 4.69) is 10.3 Å². The largest absolute Gasteiger partial charge is 0.484 e. The Labute approximate surface area is 181 Å². The summed E-state index contributed by atoms with van der Waals surface area (Å²) in [5.74, 6) is 1.28. The average molecular weight is 453 g/mol. The zero-order valence-electron chi connectivity index (χ0n) is 16.8. The van der Waals surface area contributed by atoms with Crippen molar-refractivity contribution in [3.63, 3.8) is 0 Å². The number of thiazole rings is 1. The summed E-state index contributed by atoms with van der Waals surface area (Å²) in [4.78, 5) is 18.7. The normalized spacial score (nSPS) is 28.3. The zero-order chi connectivity index (χ0) is 20.7. The molecule has 1 aliphatic carbocycles. The number of rotatable bonds is 4. The van der Waals surface area contributed by atoms with Crippen molar-refractivity contribution in [1.82, 2.24) is 19.5 Å². The van der Waals surface area contributed by atoms with E-state index < -0.39 is 10.8 Å². The van der Waals surface area contributed by atoms with Gasteiger partial charge in [-0.1, -0.05) is 6.07 Å². The molecule has 0 unspecified atom stereocenters. The van der Waals surface area contributed by atoms with Gasteiger partial charge in [0.1, 0.15) is 17.4 Å². The van der Waals surface area contributed by atoms with Crippen molar-refractivity contribution in [3.8, 4) is 5.75 Å². The van der Waals surface area contributed by atoms with Crippen LogP contribution in [0.25, 0.3) is 10.2 Å². The maximum absolute atomic E-state index is 12.6. The van der Waals surface area contributed by atoms with Crippen LogP contribution in [0.2, 0.25) is 0 Å². The number of hydrogen-bond acceptors (Lipinski definition) is 7. The van der Waals surface area contributed by atoms with Gasteiger partial charge >= 0.3 is 6.03 Å². The molecule has 3 fully saturated rings. The minimum absolute atomic E-state index is 0.000778. The molecule has 2 aromatic rings. The first-order valence-corrected chi connectivity index (χ1v) is 13.1. The van der Waals surface area contributed by atoms with Crippen LogP contribution in [-0.4, -0.2) is 72.9 Å². The topological polar surface area (TPSA) is 98.2 Å². The fraction of sp³-hybridized carbons (Fsp3) is 0.600. The van der Waals surface area contributed by atoms with Crippen LogP contribution in [0.15, 0.2) is 23.7 Å². The van der Waals surface area contributed by atoms with Crippen LogP contribution in [0, 0.1) is 0 Å². The van der Waals surface area contributed by atoms with Crippen LogP contribution in [0.1, 0.15) is 32.1 Å². The van der Waals surface area contributed by atoms with E-state index in [0.29, 0.717) is 18.8 Å². The van der Waals surface area contributed by atoms with Crippen molar-refractivity contribution in [2.75, 3.05) is 25.4 Å². The molecule has 1 saturated carbocycles. The number of urea groups is 1. The van der Waals surface area contributed by atoms with Gasteiger partial charge in [0.2, 0.25) is 0 Å². The number of hydrogen-bond donors (Lipinski definition) is 3. The molecular weight excluding hydrogens is 424 g/mol. The summed E-state index contributed by atoms with van der Waals surface area (Å²) in [6.07, 6.45) is 4.39. The number of aromatic nitrogens is 1. The molecule has 2 amide bonds. The molecule has 1 aromatic heterocycles. The summed E-state index contributed by atoms with van der Waals surface area (Å²) < 4.78 is 29.4. The first-order valence-electron chi connectivity index (χ1n) is 10.6. The lowest BCUT2D eigenvalue weighted by atomic mass is 9.91. The van der Waals surface area contributed by atoms with E-state index in [4.69, 9.17) is 4.74 Å². The number of likely N-dealkylation sites (tertiary alicyclic amines) is 1. The van der Waals surface area contributed by atoms with Gasteiger partial charge in [0.25, 0.3) is 0 Å². The summed E-state index contributed by atoms with van der Waals surface area (Å²) in [7, 11) is -2.56. The van der Waals surface area contributed by atoms with Crippen LogP contribution in [0.4, 0.5) is 4.79 Å². The van der Waals surface area contributed by atoms with Gasteiger partial charge in [-0.2, -0.15) is 0 Å². The predicted octanol–water partition coefficient (Wildman–Crippen LogP) is 3.75. The SMILES string of the molecule is O=C(NC1CCC(N2CCCS2(O)O)CC1)N1CC(Oc2cccc3scnc23)C1. The van der Waals surface area contributed by atoms with Crippen molar-refractivity contribution in [2.24, 2.45) is 0 Å². The van der Waals surface area contributed by atoms with Crippen molar-refractivity contribution >= 4 is 38.4 Å². The third kappa shape index (κ3) is 3.99. The molecule has 3 N–H and O–H groups in total. The van der Waals surface area contributed by atoms with Crippen molar-refractivity contribution in [3.05, 3.63) is 23.7 Å². The summed E-state index contributed by atoms with van der Waals surface area (Å²) in [6, 6.07) is 6.27. The van der Waals surface area contributed by atoms with Crippen LogP contribution >= 0.6 is 22.1 Å². The highest BCUT2D eigenvalue weighted by Gasteiger charge is 2.38. The first kappa shape index (κ1) is 20.3. The average Bonchev–Trinajstić information content (AvgIpc) is 3.31. The quantitative estimate of drug-likeness (QED) is 0.654. The molecule has 8 nitrogen and oxygen atoms in total. The van der Waals surface area contributed by atoms with Crippen LogP contribution < -0.4 is 10.1 Å². The second-order valence-corrected chi connectivity index (χ2v) is 11.4. The molecule has 2 aliphatic heterocycles. The molecule has 3 aliphatic rings. The standard InChI is InChI=1S/C20H28N4O4S2/c25-20(22-14-5-7-15(8-6-14)24-9-2-10-30(24,26)27)23-11-16(12-23)28-17-3-1-4-18-19(17)21-13-29-18/h1,3-4,13-16,26-27H,2,5-12H2,(H,22,25). The minimum atomic E-state index is -2.56. The second-order valence-electron chi connectivity index (χ2n) is 8.39. The Balaban J connectivity index is 1.07. The molecule has 1 aromatic carbocycles. The van der Waals surface area contributed by atoms with Crippen LogP contribution in [0.3, 0.4) is 0 Å². The monoisotopic (exact) mass is 452 g/mol. The Hall–Kier alpha value is -1.59. The third-order valence-corrected chi connectivity index (χ3v) is 9.22. The number of carbonyl (C=O) groups excluding carboxylic acids is 1. The van der Waals surface area contributed by atoms with E-state index in [9.17, 15) is 13.9 Å². The number of nitrogens with zero attached hydrogens (tertiary/aromatic N) is 3. The molecule has 164 valence electrons. The van der Waals surface area contributed by atoms with Gasteiger partial charge in [-0.25, -0.2) is 14.1 Å². The number of carbonyl (C=O) groups is 1. The fourth-order valence-corrected chi connectivity index (χ4v) is 7.24. The van der Waals surface area contributed by atoms with Crippen molar-refractivity contribution < 1.29 is 18.6 Å². The van der Waals surface area contributed by atoms with Crippen molar-refractivity contribution in [1.29, 1.82) is 0 Å². The smallest absolute Gasteiger partial charge is 0.317 e. The summed E-state index contributed by atoms with van der Waals surface area (Å²) in [5.41, 5.74) is 2.70. The van der Waals surface area contributed by atoms with Gasteiger partial charge < -0.3 is 15.0 Å². The molecule has 30 heavy (non-hydrogen) atoms. The van der Waals surface area contributed by atoms with E-state index in [1.165, 1.54) is 0 Å². The highest BCUT2D eigenvalue weighted by molar-refractivity contribution is 8.22. The maximum Gasteiger partial charge on any atom is 0.317 e. The van der Waals surface area contributed by atoms with Gasteiger partial charge in [-0.15, -0.1) is 22.1 Å². The Kier molecular flexibility index (Phi) is 5.53. The molecule has 10 heteroatoms. The lowest BCUT2D eigenvalue weighted by Crippen LogP contribution is -2.60.